The van der Waals surface area contributed by atoms with Crippen LogP contribution in [-0.2, 0) is 11.3 Å². The van der Waals surface area contributed by atoms with Crippen LogP contribution in [0.2, 0.25) is 0 Å². The minimum Gasteiger partial charge on any atom is -0.383 e. The number of nitrogens with zero attached hydrogens (tertiary/aromatic N) is 1. The zero-order chi connectivity index (χ0) is 15.5. The highest BCUT2D eigenvalue weighted by atomic mass is 16.3. The lowest BCUT2D eigenvalue weighted by atomic mass is 9.85. The first-order valence-corrected chi connectivity index (χ1v) is 8.04. The van der Waals surface area contributed by atoms with E-state index in [9.17, 15) is 9.90 Å². The largest absolute Gasteiger partial charge is 0.383 e. The number of nitrogens with one attached hydrogen (secondary N) is 2. The van der Waals surface area contributed by atoms with Crippen molar-refractivity contribution in [2.24, 2.45) is 5.92 Å². The van der Waals surface area contributed by atoms with Crippen molar-refractivity contribution in [1.82, 2.24) is 15.3 Å². The molecule has 1 saturated carbocycles. The maximum absolute atomic E-state index is 12.1. The van der Waals surface area contributed by atoms with Gasteiger partial charge in [0.15, 0.2) is 0 Å². The zero-order valence-corrected chi connectivity index (χ0v) is 12.9. The molecule has 118 valence electrons. The molecule has 0 bridgehead atoms. The van der Waals surface area contributed by atoms with Crippen molar-refractivity contribution >= 4 is 16.9 Å². The molecule has 1 aromatic heterocycles. The van der Waals surface area contributed by atoms with E-state index in [0.29, 0.717) is 6.54 Å². The van der Waals surface area contributed by atoms with Crippen molar-refractivity contribution in [2.75, 3.05) is 0 Å². The van der Waals surface area contributed by atoms with Gasteiger partial charge in [-0.3, -0.25) is 4.79 Å². The smallest absolute Gasteiger partial charge is 0.249 e. The Morgan fingerprint density at radius 1 is 1.41 bits per heavy atom. The van der Waals surface area contributed by atoms with E-state index in [1.165, 1.54) is 6.42 Å². The van der Waals surface area contributed by atoms with Gasteiger partial charge in [-0.05, 0) is 43.4 Å². The van der Waals surface area contributed by atoms with Crippen LogP contribution >= 0.6 is 0 Å². The highest BCUT2D eigenvalue weighted by molar-refractivity contribution is 5.81. The lowest BCUT2D eigenvalue weighted by molar-refractivity contribution is -0.132. The van der Waals surface area contributed by atoms with Crippen LogP contribution in [0.25, 0.3) is 11.0 Å². The summed E-state index contributed by atoms with van der Waals surface area (Å²) in [5.41, 5.74) is 2.90. The molecule has 1 fully saturated rings. The number of H-pyrrole nitrogens is 1. The third-order valence-corrected chi connectivity index (χ3v) is 4.50. The van der Waals surface area contributed by atoms with Crippen molar-refractivity contribution in [2.45, 2.75) is 51.7 Å². The van der Waals surface area contributed by atoms with Gasteiger partial charge in [-0.2, -0.15) is 0 Å². The van der Waals surface area contributed by atoms with Crippen molar-refractivity contribution in [3.8, 4) is 0 Å². The van der Waals surface area contributed by atoms with E-state index >= 15 is 0 Å². The summed E-state index contributed by atoms with van der Waals surface area (Å²) < 4.78 is 0. The van der Waals surface area contributed by atoms with E-state index < -0.39 is 6.10 Å². The fourth-order valence-corrected chi connectivity index (χ4v) is 3.25. The Labute approximate surface area is 130 Å². The van der Waals surface area contributed by atoms with Gasteiger partial charge < -0.3 is 15.4 Å². The fourth-order valence-electron chi connectivity index (χ4n) is 3.25. The number of hydrogen-bond donors (Lipinski definition) is 3. The summed E-state index contributed by atoms with van der Waals surface area (Å²) >= 11 is 0. The molecule has 1 atom stereocenters. The van der Waals surface area contributed by atoms with Gasteiger partial charge in [0.05, 0.1) is 11.0 Å². The van der Waals surface area contributed by atoms with Crippen LogP contribution in [0.15, 0.2) is 18.2 Å². The second-order valence-electron chi connectivity index (χ2n) is 6.23. The van der Waals surface area contributed by atoms with Crippen molar-refractivity contribution < 1.29 is 9.90 Å². The van der Waals surface area contributed by atoms with Crippen LogP contribution in [0.1, 0.15) is 43.5 Å². The molecule has 1 aromatic carbocycles. The number of aryl methyl sites for hydroxylation is 1. The normalized spacial score (nSPS) is 17.5. The van der Waals surface area contributed by atoms with Crippen LogP contribution in [0.5, 0.6) is 0 Å². The summed E-state index contributed by atoms with van der Waals surface area (Å²) in [6.07, 6.45) is 4.48. The van der Waals surface area contributed by atoms with Crippen LogP contribution < -0.4 is 5.32 Å². The molecule has 1 heterocycles. The number of fused-ring (bicyclic) bond motifs is 1. The van der Waals surface area contributed by atoms with Crippen LogP contribution in [-0.4, -0.2) is 27.1 Å². The van der Waals surface area contributed by atoms with Gasteiger partial charge in [0.1, 0.15) is 11.9 Å². The van der Waals surface area contributed by atoms with Crippen molar-refractivity contribution in [1.29, 1.82) is 0 Å². The number of carbonyl (C=O) groups is 1. The van der Waals surface area contributed by atoms with E-state index in [2.05, 4.69) is 15.3 Å². The van der Waals surface area contributed by atoms with Gasteiger partial charge in [-0.1, -0.05) is 25.3 Å². The molecule has 5 heteroatoms. The van der Waals surface area contributed by atoms with E-state index in [0.717, 1.165) is 48.1 Å². The maximum atomic E-state index is 12.1. The molecule has 22 heavy (non-hydrogen) atoms. The van der Waals surface area contributed by atoms with Crippen LogP contribution in [0.3, 0.4) is 0 Å². The molecule has 5 nitrogen and oxygen atoms in total. The monoisotopic (exact) mass is 301 g/mol. The first-order valence-electron chi connectivity index (χ1n) is 8.04. The standard InChI is InChI=1S/C17H23N3O2/c1-11-19-14-8-7-12(9-15(14)20-11)10-18-17(22)16(21)13-5-3-2-4-6-13/h7-9,13,16,21H,2-6,10H2,1H3,(H,18,22)(H,19,20). The number of aromatic nitrogens is 2. The maximum Gasteiger partial charge on any atom is 0.249 e. The quantitative estimate of drug-likeness (QED) is 0.811. The molecule has 3 N–H and O–H groups in total. The van der Waals surface area contributed by atoms with E-state index in [4.69, 9.17) is 0 Å². The Hall–Kier alpha value is -1.88. The van der Waals surface area contributed by atoms with Gasteiger partial charge in [0.25, 0.3) is 0 Å². The van der Waals surface area contributed by atoms with Gasteiger partial charge in [0.2, 0.25) is 5.91 Å². The molecule has 0 spiro atoms. The van der Waals surface area contributed by atoms with Gasteiger partial charge in [-0.25, -0.2) is 4.98 Å². The SMILES string of the molecule is Cc1nc2ccc(CNC(=O)C(O)C3CCCCC3)cc2[nH]1. The number of hydrogen-bond acceptors (Lipinski definition) is 3. The molecule has 3 rings (SSSR count). The van der Waals surface area contributed by atoms with E-state index in [1.807, 2.05) is 25.1 Å². The average molecular weight is 301 g/mol. The van der Waals surface area contributed by atoms with E-state index in [-0.39, 0.29) is 11.8 Å². The Morgan fingerprint density at radius 3 is 2.95 bits per heavy atom. The summed E-state index contributed by atoms with van der Waals surface area (Å²) in [5.74, 6) is 0.739. The molecular formula is C17H23N3O2. The number of aliphatic hydroxyl groups is 1. The molecule has 1 amide bonds. The number of aliphatic hydroxyl groups excluding tert-OH is 1. The molecule has 1 aliphatic rings. The number of benzene rings is 1. The van der Waals surface area contributed by atoms with Gasteiger partial charge in [0, 0.05) is 6.54 Å². The summed E-state index contributed by atoms with van der Waals surface area (Å²) in [6.45, 7) is 2.35. The van der Waals surface area contributed by atoms with Crippen molar-refractivity contribution in [3.63, 3.8) is 0 Å². The number of imidazole rings is 1. The number of amides is 1. The molecule has 1 aliphatic carbocycles. The minimum absolute atomic E-state index is 0.117. The molecule has 0 aliphatic heterocycles. The van der Waals surface area contributed by atoms with E-state index in [1.54, 1.807) is 0 Å². The molecule has 1 unspecified atom stereocenters. The summed E-state index contributed by atoms with van der Waals surface area (Å²) in [5, 5.41) is 13.0. The topological polar surface area (TPSA) is 78.0 Å². The average Bonchev–Trinajstić information content (AvgIpc) is 2.92. The first kappa shape index (κ1) is 15.0. The number of aromatic amines is 1. The summed E-state index contributed by atoms with van der Waals surface area (Å²) in [4.78, 5) is 19.6. The Kier molecular flexibility index (Phi) is 4.43. The predicted molar refractivity (Wildman–Crippen MR) is 85.3 cm³/mol. The zero-order valence-electron chi connectivity index (χ0n) is 12.9. The molecular weight excluding hydrogens is 278 g/mol. The third kappa shape index (κ3) is 3.30. The fraction of sp³-hybridized carbons (Fsp3) is 0.529. The molecule has 0 saturated heterocycles. The second kappa shape index (κ2) is 6.48. The van der Waals surface area contributed by atoms with Gasteiger partial charge in [-0.15, -0.1) is 0 Å². The van der Waals surface area contributed by atoms with Gasteiger partial charge >= 0.3 is 0 Å². The van der Waals surface area contributed by atoms with Crippen molar-refractivity contribution in [3.05, 3.63) is 29.6 Å². The second-order valence-corrected chi connectivity index (χ2v) is 6.23. The lowest BCUT2D eigenvalue weighted by Crippen LogP contribution is -2.39. The highest BCUT2D eigenvalue weighted by Gasteiger charge is 2.27. The summed E-state index contributed by atoms with van der Waals surface area (Å²) in [7, 11) is 0. The van der Waals surface area contributed by atoms with Crippen LogP contribution in [0, 0.1) is 12.8 Å². The summed E-state index contributed by atoms with van der Waals surface area (Å²) in [6, 6.07) is 5.89. The Bertz CT molecular complexity index is 659. The third-order valence-electron chi connectivity index (χ3n) is 4.50. The Morgan fingerprint density at radius 2 is 2.18 bits per heavy atom. The number of carbonyl (C=O) groups excluding carboxylic acids is 1. The highest BCUT2D eigenvalue weighted by Crippen LogP contribution is 2.26. The molecule has 2 aromatic rings. The minimum atomic E-state index is -0.876. The predicted octanol–water partition coefficient (Wildman–Crippen LogP) is 2.43. The van der Waals surface area contributed by atoms with Crippen LogP contribution in [0.4, 0.5) is 0 Å². The Balaban J connectivity index is 1.59. The number of rotatable bonds is 4. The lowest BCUT2D eigenvalue weighted by Gasteiger charge is -2.25. The first-order chi connectivity index (χ1) is 10.6. The molecule has 0 radical (unpaired) electrons.